The summed E-state index contributed by atoms with van der Waals surface area (Å²) in [5, 5.41) is 0. The van der Waals surface area contributed by atoms with Crippen molar-refractivity contribution in [3.63, 3.8) is 0 Å². The van der Waals surface area contributed by atoms with Gasteiger partial charge in [0.15, 0.2) is 5.75 Å². The number of ether oxygens (including phenoxy) is 1. The fourth-order valence-corrected chi connectivity index (χ4v) is 2.09. The minimum atomic E-state index is -5.86. The Kier molecular flexibility index (Phi) is 4.87. The number of carbonyl (C=O) groups is 1. The number of halogens is 3. The first-order chi connectivity index (χ1) is 9.49. The smallest absolute Gasteiger partial charge is 0.462 e. The quantitative estimate of drug-likeness (QED) is 0.483. The van der Waals surface area contributed by atoms with E-state index in [1.807, 2.05) is 0 Å². The van der Waals surface area contributed by atoms with Crippen molar-refractivity contribution in [1.29, 1.82) is 0 Å². The second-order valence-electron chi connectivity index (χ2n) is 4.16. The van der Waals surface area contributed by atoms with E-state index in [2.05, 4.69) is 4.18 Å². The summed E-state index contributed by atoms with van der Waals surface area (Å²) in [6.45, 7) is 4.45. The molecule has 0 spiro atoms. The lowest BCUT2D eigenvalue weighted by Gasteiger charge is -2.15. The van der Waals surface area contributed by atoms with Crippen LogP contribution in [0.3, 0.4) is 0 Å². The molecule has 0 unspecified atom stereocenters. The molecule has 0 radical (unpaired) electrons. The Balaban J connectivity index is 3.39. The van der Waals surface area contributed by atoms with Crippen LogP contribution in [0, 0.1) is 13.8 Å². The maximum Gasteiger partial charge on any atom is 0.534 e. The molecule has 0 saturated carbocycles. The van der Waals surface area contributed by atoms with Crippen molar-refractivity contribution in [1.82, 2.24) is 0 Å². The largest absolute Gasteiger partial charge is 0.534 e. The highest BCUT2D eigenvalue weighted by Crippen LogP contribution is 2.31. The molecule has 0 fully saturated rings. The second-order valence-corrected chi connectivity index (χ2v) is 5.70. The standard InChI is InChI=1S/C12H13F3O5S/c1-4-19-11(16)10-8(3)5-7(2)6-9(10)20-21(17,18)12(13,14)15/h5-6H,4H2,1-3H3. The molecule has 0 aromatic heterocycles. The van der Waals surface area contributed by atoms with Crippen molar-refractivity contribution >= 4 is 16.1 Å². The van der Waals surface area contributed by atoms with E-state index in [-0.39, 0.29) is 17.7 Å². The van der Waals surface area contributed by atoms with Gasteiger partial charge in [-0.05, 0) is 38.0 Å². The van der Waals surface area contributed by atoms with E-state index in [0.29, 0.717) is 5.56 Å². The van der Waals surface area contributed by atoms with Gasteiger partial charge in [-0.3, -0.25) is 0 Å². The molecule has 5 nitrogen and oxygen atoms in total. The lowest BCUT2D eigenvalue weighted by atomic mass is 10.0. The Morgan fingerprint density at radius 2 is 1.81 bits per heavy atom. The third-order valence-electron chi connectivity index (χ3n) is 2.41. The molecule has 0 N–H and O–H groups in total. The summed E-state index contributed by atoms with van der Waals surface area (Å²) in [4.78, 5) is 11.8. The van der Waals surface area contributed by atoms with E-state index in [0.717, 1.165) is 6.07 Å². The number of benzene rings is 1. The van der Waals surface area contributed by atoms with Crippen LogP contribution >= 0.6 is 0 Å². The molecular formula is C12H13F3O5S. The Hall–Kier alpha value is -1.77. The van der Waals surface area contributed by atoms with Crippen molar-refractivity contribution in [2.75, 3.05) is 6.61 Å². The van der Waals surface area contributed by atoms with Gasteiger partial charge in [-0.15, -0.1) is 0 Å². The van der Waals surface area contributed by atoms with Gasteiger partial charge in [-0.2, -0.15) is 21.6 Å². The van der Waals surface area contributed by atoms with Crippen molar-refractivity contribution in [3.05, 3.63) is 28.8 Å². The second kappa shape index (κ2) is 5.92. The van der Waals surface area contributed by atoms with E-state index in [4.69, 9.17) is 4.74 Å². The molecule has 0 aliphatic rings. The van der Waals surface area contributed by atoms with E-state index < -0.39 is 27.3 Å². The predicted octanol–water partition coefficient (Wildman–Crippen LogP) is 2.71. The van der Waals surface area contributed by atoms with Crippen molar-refractivity contribution in [2.24, 2.45) is 0 Å². The molecule has 0 aliphatic heterocycles. The number of aryl methyl sites for hydroxylation is 2. The average Bonchev–Trinajstić information content (AvgIpc) is 2.25. The van der Waals surface area contributed by atoms with Gasteiger partial charge in [0.25, 0.3) is 0 Å². The molecule has 0 heterocycles. The van der Waals surface area contributed by atoms with E-state index >= 15 is 0 Å². The summed E-state index contributed by atoms with van der Waals surface area (Å²) in [6, 6.07) is 2.53. The van der Waals surface area contributed by atoms with Crippen molar-refractivity contribution in [3.8, 4) is 5.75 Å². The number of hydrogen-bond donors (Lipinski definition) is 0. The minimum Gasteiger partial charge on any atom is -0.462 e. The first kappa shape index (κ1) is 17.3. The van der Waals surface area contributed by atoms with E-state index in [1.54, 1.807) is 0 Å². The molecule has 1 aromatic rings. The summed E-state index contributed by atoms with van der Waals surface area (Å²) in [6.07, 6.45) is 0. The highest BCUT2D eigenvalue weighted by atomic mass is 32.2. The molecular weight excluding hydrogens is 313 g/mol. The van der Waals surface area contributed by atoms with Crippen molar-refractivity contribution < 1.29 is 35.3 Å². The Labute approximate surface area is 119 Å². The molecule has 0 aliphatic carbocycles. The maximum atomic E-state index is 12.4. The zero-order chi connectivity index (χ0) is 16.4. The molecule has 9 heteroatoms. The van der Waals surface area contributed by atoms with E-state index in [1.165, 1.54) is 26.8 Å². The van der Waals surface area contributed by atoms with Crippen LogP contribution in [0.4, 0.5) is 13.2 Å². The monoisotopic (exact) mass is 326 g/mol. The first-order valence-corrected chi connectivity index (χ1v) is 7.19. The molecule has 1 rings (SSSR count). The fourth-order valence-electron chi connectivity index (χ4n) is 1.62. The number of rotatable bonds is 4. The summed E-state index contributed by atoms with van der Waals surface area (Å²) in [7, 11) is -5.86. The molecule has 118 valence electrons. The molecule has 1 aromatic carbocycles. The van der Waals surface area contributed by atoms with Gasteiger partial charge in [-0.1, -0.05) is 6.07 Å². The van der Waals surface area contributed by atoms with Crippen LogP contribution in [-0.2, 0) is 14.9 Å². The maximum absolute atomic E-state index is 12.4. The van der Waals surface area contributed by atoms with Gasteiger partial charge in [0.1, 0.15) is 5.56 Å². The van der Waals surface area contributed by atoms with Crippen LogP contribution in [-0.4, -0.2) is 26.5 Å². The van der Waals surface area contributed by atoms with Gasteiger partial charge in [-0.25, -0.2) is 4.79 Å². The Morgan fingerprint density at radius 1 is 1.24 bits per heavy atom. The van der Waals surface area contributed by atoms with Crippen molar-refractivity contribution in [2.45, 2.75) is 26.3 Å². The molecule has 0 atom stereocenters. The first-order valence-electron chi connectivity index (χ1n) is 5.78. The van der Waals surface area contributed by atoms with Crippen LogP contribution < -0.4 is 4.18 Å². The highest BCUT2D eigenvalue weighted by Gasteiger charge is 2.49. The number of hydrogen-bond acceptors (Lipinski definition) is 5. The summed E-state index contributed by atoms with van der Waals surface area (Å²) in [5.41, 5.74) is -5.25. The van der Waals surface area contributed by atoms with Gasteiger partial charge >= 0.3 is 21.6 Å². The number of carbonyl (C=O) groups excluding carboxylic acids is 1. The SMILES string of the molecule is CCOC(=O)c1c(C)cc(C)cc1OS(=O)(=O)C(F)(F)F. The normalized spacial score (nSPS) is 12.1. The Morgan fingerprint density at radius 3 is 2.29 bits per heavy atom. The molecule has 0 amide bonds. The average molecular weight is 326 g/mol. The molecule has 0 bridgehead atoms. The predicted molar refractivity (Wildman–Crippen MR) is 67.5 cm³/mol. The van der Waals surface area contributed by atoms with Gasteiger partial charge < -0.3 is 8.92 Å². The van der Waals surface area contributed by atoms with Crippen LogP contribution in [0.1, 0.15) is 28.4 Å². The van der Waals surface area contributed by atoms with E-state index in [9.17, 15) is 26.4 Å². The fraction of sp³-hybridized carbons (Fsp3) is 0.417. The topological polar surface area (TPSA) is 69.7 Å². The summed E-state index contributed by atoms with van der Waals surface area (Å²) >= 11 is 0. The van der Waals surface area contributed by atoms with Crippen LogP contribution in [0.25, 0.3) is 0 Å². The van der Waals surface area contributed by atoms with Gasteiger partial charge in [0.05, 0.1) is 6.61 Å². The molecule has 21 heavy (non-hydrogen) atoms. The third-order valence-corrected chi connectivity index (χ3v) is 3.37. The molecule has 0 saturated heterocycles. The zero-order valence-corrected chi connectivity index (χ0v) is 12.3. The Bertz CT molecular complexity index is 650. The van der Waals surface area contributed by atoms with Gasteiger partial charge in [0, 0.05) is 0 Å². The number of esters is 1. The van der Waals surface area contributed by atoms with Gasteiger partial charge in [0.2, 0.25) is 0 Å². The summed E-state index contributed by atoms with van der Waals surface area (Å²) < 4.78 is 68.0. The van der Waals surface area contributed by atoms with Crippen LogP contribution in [0.5, 0.6) is 5.75 Å². The lowest BCUT2D eigenvalue weighted by molar-refractivity contribution is -0.0500. The highest BCUT2D eigenvalue weighted by molar-refractivity contribution is 7.88. The van der Waals surface area contributed by atoms with Crippen LogP contribution in [0.2, 0.25) is 0 Å². The summed E-state index contributed by atoms with van der Waals surface area (Å²) in [5.74, 6) is -1.66. The number of alkyl halides is 3. The lowest BCUT2D eigenvalue weighted by Crippen LogP contribution is -2.29. The van der Waals surface area contributed by atoms with Crippen LogP contribution in [0.15, 0.2) is 12.1 Å². The minimum absolute atomic E-state index is 0.0163. The zero-order valence-electron chi connectivity index (χ0n) is 11.4. The third kappa shape index (κ3) is 3.87.